The summed E-state index contributed by atoms with van der Waals surface area (Å²) < 4.78 is 31.1. The second-order valence-corrected chi connectivity index (χ2v) is 3.72. The molecule has 1 heterocycles. The van der Waals surface area contributed by atoms with E-state index < -0.39 is 23.0 Å². The Bertz CT molecular complexity index is 695. The molecule has 0 fully saturated rings. The van der Waals surface area contributed by atoms with Crippen LogP contribution in [0.25, 0.3) is 11.3 Å². The number of hydrogen-bond acceptors (Lipinski definition) is 3. The number of aromatic nitrogens is 1. The Morgan fingerprint density at radius 2 is 2.05 bits per heavy atom. The van der Waals surface area contributed by atoms with Gasteiger partial charge in [0.2, 0.25) is 0 Å². The van der Waals surface area contributed by atoms with Gasteiger partial charge >= 0.3 is 5.97 Å². The molecule has 0 bridgehead atoms. The zero-order valence-electron chi connectivity index (χ0n) is 9.87. The Balaban J connectivity index is 2.54. The molecule has 0 radical (unpaired) electrons. The molecule has 0 aliphatic rings. The van der Waals surface area contributed by atoms with E-state index in [4.69, 9.17) is 0 Å². The van der Waals surface area contributed by atoms with E-state index in [0.717, 1.165) is 25.4 Å². The predicted molar refractivity (Wildman–Crippen MR) is 63.8 cm³/mol. The molecule has 0 atom stereocenters. The van der Waals surface area contributed by atoms with E-state index in [1.165, 1.54) is 12.1 Å². The van der Waals surface area contributed by atoms with Gasteiger partial charge in [-0.05, 0) is 12.1 Å². The van der Waals surface area contributed by atoms with Crippen molar-refractivity contribution in [2.45, 2.75) is 0 Å². The SMILES string of the molecule is COC(=O)c1c[nH]c(-c2cccc(F)c2F)cc1=O. The number of carbonyl (C=O) groups excluding carboxylic acids is 1. The van der Waals surface area contributed by atoms with Crippen molar-refractivity contribution < 1.29 is 18.3 Å². The van der Waals surface area contributed by atoms with E-state index in [9.17, 15) is 18.4 Å². The van der Waals surface area contributed by atoms with E-state index in [-0.39, 0.29) is 16.8 Å². The number of halogens is 2. The molecule has 0 unspecified atom stereocenters. The zero-order valence-corrected chi connectivity index (χ0v) is 9.87. The number of nitrogens with one attached hydrogen (secondary N) is 1. The van der Waals surface area contributed by atoms with Gasteiger partial charge in [-0.15, -0.1) is 0 Å². The van der Waals surface area contributed by atoms with Gasteiger partial charge in [-0.3, -0.25) is 4.79 Å². The van der Waals surface area contributed by atoms with Crippen LogP contribution in [-0.4, -0.2) is 18.1 Å². The molecular weight excluding hydrogens is 256 g/mol. The average Bonchev–Trinajstić information content (AvgIpc) is 2.41. The highest BCUT2D eigenvalue weighted by atomic mass is 19.2. The lowest BCUT2D eigenvalue weighted by Gasteiger charge is -2.05. The van der Waals surface area contributed by atoms with Crippen molar-refractivity contribution in [3.05, 3.63) is 57.9 Å². The number of aromatic amines is 1. The monoisotopic (exact) mass is 265 g/mol. The summed E-state index contributed by atoms with van der Waals surface area (Å²) >= 11 is 0. The van der Waals surface area contributed by atoms with Crippen molar-refractivity contribution in [2.24, 2.45) is 0 Å². The third-order valence-electron chi connectivity index (χ3n) is 2.56. The van der Waals surface area contributed by atoms with Gasteiger partial charge in [-0.25, -0.2) is 13.6 Å². The van der Waals surface area contributed by atoms with E-state index >= 15 is 0 Å². The van der Waals surface area contributed by atoms with Gasteiger partial charge in [-0.2, -0.15) is 0 Å². The highest BCUT2D eigenvalue weighted by Gasteiger charge is 2.14. The van der Waals surface area contributed by atoms with Crippen LogP contribution in [0.5, 0.6) is 0 Å². The summed E-state index contributed by atoms with van der Waals surface area (Å²) in [5, 5.41) is 0. The first kappa shape index (κ1) is 12.9. The van der Waals surface area contributed by atoms with Gasteiger partial charge in [0.05, 0.1) is 12.8 Å². The van der Waals surface area contributed by atoms with Crippen molar-refractivity contribution >= 4 is 5.97 Å². The summed E-state index contributed by atoms with van der Waals surface area (Å²) in [6, 6.07) is 4.63. The predicted octanol–water partition coefficient (Wildman–Crippen LogP) is 2.11. The number of methoxy groups -OCH3 is 1. The topological polar surface area (TPSA) is 59.2 Å². The van der Waals surface area contributed by atoms with E-state index in [1.807, 2.05) is 0 Å². The maximum atomic E-state index is 13.6. The molecule has 0 aliphatic heterocycles. The number of rotatable bonds is 2. The third kappa shape index (κ3) is 2.37. The first-order chi connectivity index (χ1) is 9.04. The van der Waals surface area contributed by atoms with Crippen LogP contribution in [0.4, 0.5) is 8.78 Å². The minimum Gasteiger partial charge on any atom is -0.465 e. The number of benzene rings is 1. The Kier molecular flexibility index (Phi) is 3.41. The number of pyridine rings is 1. The quantitative estimate of drug-likeness (QED) is 0.846. The van der Waals surface area contributed by atoms with Crippen molar-refractivity contribution in [1.82, 2.24) is 4.98 Å². The fourth-order valence-electron chi connectivity index (χ4n) is 1.61. The van der Waals surface area contributed by atoms with Crippen LogP contribution < -0.4 is 5.43 Å². The number of ether oxygens (including phenoxy) is 1. The molecule has 0 amide bonds. The summed E-state index contributed by atoms with van der Waals surface area (Å²) in [4.78, 5) is 25.5. The van der Waals surface area contributed by atoms with Crippen LogP contribution in [0.15, 0.2) is 35.3 Å². The summed E-state index contributed by atoms with van der Waals surface area (Å²) in [6.07, 6.45) is 1.11. The molecule has 0 saturated heterocycles. The lowest BCUT2D eigenvalue weighted by Crippen LogP contribution is -2.16. The van der Waals surface area contributed by atoms with Crippen molar-refractivity contribution in [1.29, 1.82) is 0 Å². The van der Waals surface area contributed by atoms with E-state index in [0.29, 0.717) is 0 Å². The van der Waals surface area contributed by atoms with Gasteiger partial charge < -0.3 is 9.72 Å². The Hall–Kier alpha value is -2.50. The van der Waals surface area contributed by atoms with Crippen molar-refractivity contribution in [3.8, 4) is 11.3 Å². The van der Waals surface area contributed by atoms with Crippen LogP contribution in [0.3, 0.4) is 0 Å². The van der Waals surface area contributed by atoms with Crippen LogP contribution in [0.1, 0.15) is 10.4 Å². The summed E-state index contributed by atoms with van der Waals surface area (Å²) in [5.74, 6) is -2.88. The molecule has 0 spiro atoms. The minimum atomic E-state index is -1.07. The van der Waals surface area contributed by atoms with Crippen LogP contribution in [0, 0.1) is 11.6 Å². The number of hydrogen-bond donors (Lipinski definition) is 1. The average molecular weight is 265 g/mol. The molecule has 98 valence electrons. The Labute approximate surface area is 106 Å². The smallest absolute Gasteiger partial charge is 0.343 e. The first-order valence-corrected chi connectivity index (χ1v) is 5.30. The normalized spacial score (nSPS) is 10.3. The summed E-state index contributed by atoms with van der Waals surface area (Å²) in [7, 11) is 1.14. The largest absolute Gasteiger partial charge is 0.465 e. The maximum absolute atomic E-state index is 13.6. The highest BCUT2D eigenvalue weighted by molar-refractivity contribution is 5.89. The van der Waals surface area contributed by atoms with Gasteiger partial charge in [0.1, 0.15) is 5.56 Å². The fraction of sp³-hybridized carbons (Fsp3) is 0.0769. The number of carbonyl (C=O) groups is 1. The van der Waals surface area contributed by atoms with Crippen LogP contribution >= 0.6 is 0 Å². The van der Waals surface area contributed by atoms with Crippen LogP contribution in [0.2, 0.25) is 0 Å². The van der Waals surface area contributed by atoms with Gasteiger partial charge in [0, 0.05) is 17.8 Å². The molecule has 1 aromatic carbocycles. The molecule has 0 saturated carbocycles. The number of esters is 1. The first-order valence-electron chi connectivity index (χ1n) is 5.30. The molecule has 2 rings (SSSR count). The molecule has 4 nitrogen and oxygen atoms in total. The standard InChI is InChI=1S/C13H9F2NO3/c1-19-13(18)8-6-16-10(5-11(8)17)7-3-2-4-9(14)12(7)15/h2-6H,1H3,(H,16,17). The molecule has 1 N–H and O–H groups in total. The lowest BCUT2D eigenvalue weighted by molar-refractivity contribution is 0.0599. The Morgan fingerprint density at radius 3 is 2.68 bits per heavy atom. The summed E-state index contributed by atoms with van der Waals surface area (Å²) in [5.41, 5.74) is -0.851. The minimum absolute atomic E-state index is 0.0784. The number of H-pyrrole nitrogens is 1. The lowest BCUT2D eigenvalue weighted by atomic mass is 10.1. The van der Waals surface area contributed by atoms with Crippen molar-refractivity contribution in [2.75, 3.05) is 7.11 Å². The molecular formula is C13H9F2NO3. The molecule has 0 aliphatic carbocycles. The van der Waals surface area contributed by atoms with Gasteiger partial charge in [0.25, 0.3) is 0 Å². The second-order valence-electron chi connectivity index (χ2n) is 3.72. The van der Waals surface area contributed by atoms with Crippen molar-refractivity contribution in [3.63, 3.8) is 0 Å². The molecule has 6 heteroatoms. The Morgan fingerprint density at radius 1 is 1.32 bits per heavy atom. The molecule has 2 aromatic rings. The molecule has 1 aromatic heterocycles. The second kappa shape index (κ2) is 5.01. The van der Waals surface area contributed by atoms with Gasteiger partial charge in [-0.1, -0.05) is 6.07 Å². The van der Waals surface area contributed by atoms with Gasteiger partial charge in [0.15, 0.2) is 17.1 Å². The van der Waals surface area contributed by atoms with E-state index in [1.54, 1.807) is 0 Å². The maximum Gasteiger partial charge on any atom is 0.343 e. The van der Waals surface area contributed by atoms with E-state index in [2.05, 4.69) is 9.72 Å². The zero-order chi connectivity index (χ0) is 14.0. The highest BCUT2D eigenvalue weighted by Crippen LogP contribution is 2.21. The molecule has 19 heavy (non-hydrogen) atoms. The fourth-order valence-corrected chi connectivity index (χ4v) is 1.61. The summed E-state index contributed by atoms with van der Waals surface area (Å²) in [6.45, 7) is 0. The third-order valence-corrected chi connectivity index (χ3v) is 2.56. The van der Waals surface area contributed by atoms with Crippen LogP contribution in [-0.2, 0) is 4.74 Å².